The molecule has 2 N–H and O–H groups in total. The molecule has 1 nitrogen and oxygen atoms in total. The van der Waals surface area contributed by atoms with Crippen LogP contribution in [-0.4, -0.2) is 0 Å². The van der Waals surface area contributed by atoms with Gasteiger partial charge in [-0.1, -0.05) is 30.9 Å². The van der Waals surface area contributed by atoms with Gasteiger partial charge in [-0.25, -0.2) is 0 Å². The molecule has 0 aromatic heterocycles. The third-order valence-corrected chi connectivity index (χ3v) is 1.25. The second-order valence-electron chi connectivity index (χ2n) is 2.11. The maximum Gasteiger partial charge on any atom is 0.0383 e. The monoisotopic (exact) mass is 149 g/mol. The number of rotatable bonds is 3. The van der Waals surface area contributed by atoms with Crippen molar-refractivity contribution in [3.63, 3.8) is 0 Å². The second-order valence-corrected chi connectivity index (χ2v) is 2.11. The Morgan fingerprint density at radius 1 is 1.18 bits per heavy atom. The fraction of sp³-hybridized carbons (Fsp3) is 0.200. The van der Waals surface area contributed by atoms with Crippen molar-refractivity contribution in [1.29, 1.82) is 0 Å². The van der Waals surface area contributed by atoms with Gasteiger partial charge in [0.25, 0.3) is 0 Å². The van der Waals surface area contributed by atoms with E-state index < -0.39 is 0 Å². The Labute approximate surface area is 68.6 Å². The second kappa shape index (κ2) is 5.54. The summed E-state index contributed by atoms with van der Waals surface area (Å²) in [5, 5.41) is 0. The molecule has 0 atom stereocenters. The number of hydrogen-bond donors (Lipinski definition) is 1. The van der Waals surface area contributed by atoms with Crippen LogP contribution in [0.25, 0.3) is 0 Å². The van der Waals surface area contributed by atoms with Crippen molar-refractivity contribution in [2.75, 3.05) is 0 Å². The summed E-state index contributed by atoms with van der Waals surface area (Å²) in [4.78, 5) is 0. The zero-order chi connectivity index (χ0) is 8.69. The van der Waals surface area contributed by atoms with Crippen LogP contribution in [0.2, 0.25) is 0 Å². The van der Waals surface area contributed by atoms with Crippen LogP contribution < -0.4 is 5.73 Å². The molecule has 0 heterocycles. The van der Waals surface area contributed by atoms with E-state index in [1.54, 1.807) is 6.08 Å². The lowest BCUT2D eigenvalue weighted by Crippen LogP contribution is -1.95. The minimum atomic E-state index is 0.751. The molecular formula is C10H15N. The van der Waals surface area contributed by atoms with Crippen LogP contribution in [0.15, 0.2) is 48.2 Å². The number of allylic oxidation sites excluding steroid dienone is 6. The molecule has 1 heteroatoms. The minimum absolute atomic E-state index is 0.751. The summed E-state index contributed by atoms with van der Waals surface area (Å²) >= 11 is 0. The normalized spacial score (nSPS) is 14.0. The molecule has 0 aliphatic carbocycles. The fourth-order valence-corrected chi connectivity index (χ4v) is 0.737. The van der Waals surface area contributed by atoms with Gasteiger partial charge in [0.2, 0.25) is 0 Å². The quantitative estimate of drug-likeness (QED) is 0.613. The van der Waals surface area contributed by atoms with Crippen LogP contribution in [0.5, 0.6) is 0 Å². The summed E-state index contributed by atoms with van der Waals surface area (Å²) in [6, 6.07) is 0. The zero-order valence-electron chi connectivity index (χ0n) is 7.17. The fourth-order valence-electron chi connectivity index (χ4n) is 0.737. The van der Waals surface area contributed by atoms with Crippen LogP contribution in [0, 0.1) is 0 Å². The molecule has 0 amide bonds. The Morgan fingerprint density at radius 2 is 1.73 bits per heavy atom. The molecule has 0 rings (SSSR count). The highest BCUT2D eigenvalue weighted by molar-refractivity contribution is 5.37. The maximum atomic E-state index is 5.70. The van der Waals surface area contributed by atoms with E-state index in [4.69, 9.17) is 5.73 Å². The van der Waals surface area contributed by atoms with Gasteiger partial charge < -0.3 is 5.73 Å². The topological polar surface area (TPSA) is 26.0 Å². The van der Waals surface area contributed by atoms with E-state index in [1.165, 1.54) is 0 Å². The zero-order valence-corrected chi connectivity index (χ0v) is 7.17. The van der Waals surface area contributed by atoms with Crippen LogP contribution >= 0.6 is 0 Å². The van der Waals surface area contributed by atoms with E-state index in [0.717, 1.165) is 11.3 Å². The van der Waals surface area contributed by atoms with Gasteiger partial charge in [-0.2, -0.15) is 0 Å². The molecule has 11 heavy (non-hydrogen) atoms. The largest absolute Gasteiger partial charge is 0.398 e. The molecule has 0 aromatic carbocycles. The van der Waals surface area contributed by atoms with Gasteiger partial charge in [0.05, 0.1) is 0 Å². The van der Waals surface area contributed by atoms with Crippen molar-refractivity contribution >= 4 is 0 Å². The first kappa shape index (κ1) is 9.76. The molecule has 0 saturated carbocycles. The molecule has 0 aliphatic rings. The Kier molecular flexibility index (Phi) is 4.91. The highest BCUT2D eigenvalue weighted by atomic mass is 14.6. The van der Waals surface area contributed by atoms with Crippen LogP contribution in [0.3, 0.4) is 0 Å². The third kappa shape index (κ3) is 3.46. The summed E-state index contributed by atoms with van der Waals surface area (Å²) < 4.78 is 0. The molecule has 0 aliphatic heterocycles. The summed E-state index contributed by atoms with van der Waals surface area (Å²) in [7, 11) is 0. The lowest BCUT2D eigenvalue weighted by atomic mass is 10.2. The van der Waals surface area contributed by atoms with Crippen LogP contribution in [0.1, 0.15) is 13.8 Å². The van der Waals surface area contributed by atoms with Crippen molar-refractivity contribution in [3.8, 4) is 0 Å². The molecule has 0 bridgehead atoms. The number of nitrogens with two attached hydrogens (primary N) is 1. The van der Waals surface area contributed by atoms with E-state index in [9.17, 15) is 0 Å². The molecule has 0 unspecified atom stereocenters. The lowest BCUT2D eigenvalue weighted by Gasteiger charge is -1.96. The van der Waals surface area contributed by atoms with Crippen molar-refractivity contribution < 1.29 is 0 Å². The third-order valence-electron chi connectivity index (χ3n) is 1.25. The van der Waals surface area contributed by atoms with Crippen LogP contribution in [-0.2, 0) is 0 Å². The van der Waals surface area contributed by atoms with E-state index >= 15 is 0 Å². The van der Waals surface area contributed by atoms with Gasteiger partial charge in [0.15, 0.2) is 0 Å². The predicted octanol–water partition coefficient (Wildman–Crippen LogP) is 2.54. The Morgan fingerprint density at radius 3 is 2.09 bits per heavy atom. The highest BCUT2D eigenvalue weighted by Crippen LogP contribution is 2.03. The number of hydrogen-bond acceptors (Lipinski definition) is 1. The Balaban J connectivity index is 4.66. The molecule has 0 fully saturated rings. The van der Waals surface area contributed by atoms with Gasteiger partial charge >= 0.3 is 0 Å². The van der Waals surface area contributed by atoms with Crippen molar-refractivity contribution in [1.82, 2.24) is 0 Å². The summed E-state index contributed by atoms with van der Waals surface area (Å²) in [6.07, 6.45) is 9.38. The van der Waals surface area contributed by atoms with Gasteiger partial charge in [-0.15, -0.1) is 0 Å². The van der Waals surface area contributed by atoms with Crippen LogP contribution in [0.4, 0.5) is 0 Å². The average molecular weight is 149 g/mol. The SMILES string of the molecule is C=CC(/C=C\C)=C(N)/C=C\C. The molecule has 0 saturated heterocycles. The van der Waals surface area contributed by atoms with Gasteiger partial charge in [-0.3, -0.25) is 0 Å². The van der Waals surface area contributed by atoms with Gasteiger partial charge in [0, 0.05) is 5.70 Å². The van der Waals surface area contributed by atoms with Crippen molar-refractivity contribution in [2.45, 2.75) is 13.8 Å². The summed E-state index contributed by atoms with van der Waals surface area (Å²) in [6.45, 7) is 7.54. The lowest BCUT2D eigenvalue weighted by molar-refractivity contribution is 1.36. The highest BCUT2D eigenvalue weighted by Gasteiger charge is 1.88. The molecule has 0 radical (unpaired) electrons. The molecule has 0 aromatic rings. The van der Waals surface area contributed by atoms with E-state index in [0.29, 0.717) is 0 Å². The van der Waals surface area contributed by atoms with E-state index in [2.05, 4.69) is 6.58 Å². The van der Waals surface area contributed by atoms with E-state index in [1.807, 2.05) is 38.2 Å². The molecule has 60 valence electrons. The predicted molar refractivity (Wildman–Crippen MR) is 51.0 cm³/mol. The minimum Gasteiger partial charge on any atom is -0.398 e. The molecule has 0 spiro atoms. The smallest absolute Gasteiger partial charge is 0.0383 e. The van der Waals surface area contributed by atoms with Gasteiger partial charge in [0.1, 0.15) is 0 Å². The van der Waals surface area contributed by atoms with Crippen molar-refractivity contribution in [2.24, 2.45) is 5.73 Å². The Hall–Kier alpha value is -1.24. The van der Waals surface area contributed by atoms with Crippen molar-refractivity contribution in [3.05, 3.63) is 48.2 Å². The average Bonchev–Trinajstić information content (AvgIpc) is 2.00. The summed E-state index contributed by atoms with van der Waals surface area (Å²) in [5.74, 6) is 0. The first-order valence-corrected chi connectivity index (χ1v) is 3.63. The molecular weight excluding hydrogens is 134 g/mol. The maximum absolute atomic E-state index is 5.70. The Bertz CT molecular complexity index is 207. The van der Waals surface area contributed by atoms with E-state index in [-0.39, 0.29) is 0 Å². The first-order chi connectivity index (χ1) is 5.26. The van der Waals surface area contributed by atoms with Gasteiger partial charge in [-0.05, 0) is 25.5 Å². The standard InChI is InChI=1S/C10H15N/c1-4-7-9(6-3)10(11)8-5-2/h4-8H,3,11H2,1-2H3/b7-4-,8-5-,10-9+. The first-order valence-electron chi connectivity index (χ1n) is 3.63. The summed E-state index contributed by atoms with van der Waals surface area (Å²) in [5.41, 5.74) is 7.41.